The Labute approximate surface area is 112 Å². The third-order valence-electron chi connectivity index (χ3n) is 2.47. The molecule has 0 spiro atoms. The first-order valence-corrected chi connectivity index (χ1v) is 7.35. The summed E-state index contributed by atoms with van der Waals surface area (Å²) in [4.78, 5) is 10.3. The Morgan fingerprint density at radius 1 is 1.26 bits per heavy atom. The average Bonchev–Trinajstić information content (AvgIpc) is 2.34. The van der Waals surface area contributed by atoms with Gasteiger partial charge in [0.05, 0.1) is 10.2 Å². The summed E-state index contributed by atoms with van der Waals surface area (Å²) in [5.74, 6) is 0. The lowest BCUT2D eigenvalue weighted by Gasteiger charge is -2.10. The van der Waals surface area contributed by atoms with Gasteiger partial charge in [-0.25, -0.2) is 13.1 Å². The van der Waals surface area contributed by atoms with Crippen molar-refractivity contribution in [1.82, 2.24) is 4.72 Å². The molecule has 0 fully saturated rings. The van der Waals surface area contributed by atoms with E-state index in [1.54, 1.807) is 32.0 Å². The summed E-state index contributed by atoms with van der Waals surface area (Å²) in [6, 6.07) is 6.22. The second-order valence-corrected chi connectivity index (χ2v) is 6.51. The summed E-state index contributed by atoms with van der Waals surface area (Å²) in [6.07, 6.45) is 0. The molecule has 2 N–H and O–H groups in total. The van der Waals surface area contributed by atoms with Crippen LogP contribution in [0.5, 0.6) is 0 Å². The van der Waals surface area contributed by atoms with E-state index >= 15 is 0 Å². The zero-order valence-corrected chi connectivity index (χ0v) is 11.6. The van der Waals surface area contributed by atoms with E-state index in [1.807, 2.05) is 0 Å². The minimum atomic E-state index is -3.30. The number of hydrogen-bond donors (Lipinski definition) is 2. The second-order valence-electron chi connectivity index (χ2n) is 4.19. The van der Waals surface area contributed by atoms with E-state index in [0.717, 1.165) is 0 Å². The van der Waals surface area contributed by atoms with E-state index in [2.05, 4.69) is 10.0 Å². The number of rotatable bonds is 7. The molecule has 7 nitrogen and oxygen atoms in total. The van der Waals surface area contributed by atoms with Gasteiger partial charge in [0.15, 0.2) is 0 Å². The summed E-state index contributed by atoms with van der Waals surface area (Å²) in [5, 5.41) is 13.1. The number of nitrogens with zero attached hydrogens (tertiary/aromatic N) is 1. The Morgan fingerprint density at radius 3 is 2.47 bits per heavy atom. The van der Waals surface area contributed by atoms with Gasteiger partial charge in [-0.1, -0.05) is 12.1 Å². The fourth-order valence-electron chi connectivity index (χ4n) is 1.34. The molecule has 0 bridgehead atoms. The van der Waals surface area contributed by atoms with E-state index < -0.39 is 20.2 Å². The van der Waals surface area contributed by atoms with Gasteiger partial charge in [0.1, 0.15) is 5.69 Å². The predicted molar refractivity (Wildman–Crippen MR) is 73.6 cm³/mol. The molecule has 106 valence electrons. The largest absolute Gasteiger partial charge is 0.378 e. The third kappa shape index (κ3) is 4.49. The van der Waals surface area contributed by atoms with Crippen molar-refractivity contribution in [2.45, 2.75) is 19.1 Å². The second kappa shape index (κ2) is 6.48. The number of nitrogens with one attached hydrogen (secondary N) is 2. The van der Waals surface area contributed by atoms with Crippen molar-refractivity contribution >= 4 is 21.4 Å². The van der Waals surface area contributed by atoms with Gasteiger partial charge in [0.2, 0.25) is 10.0 Å². The Morgan fingerprint density at radius 2 is 1.89 bits per heavy atom. The van der Waals surface area contributed by atoms with Crippen LogP contribution in [0.3, 0.4) is 0 Å². The highest BCUT2D eigenvalue weighted by Crippen LogP contribution is 2.22. The lowest BCUT2D eigenvalue weighted by Crippen LogP contribution is -2.34. The summed E-state index contributed by atoms with van der Waals surface area (Å²) in [5.41, 5.74) is 0.338. The molecule has 8 heteroatoms. The quantitative estimate of drug-likeness (QED) is 0.447. The van der Waals surface area contributed by atoms with Crippen LogP contribution in [0, 0.1) is 10.1 Å². The van der Waals surface area contributed by atoms with Gasteiger partial charge in [-0.15, -0.1) is 0 Å². The Balaban J connectivity index is 2.53. The van der Waals surface area contributed by atoms with Crippen LogP contribution >= 0.6 is 0 Å². The van der Waals surface area contributed by atoms with Crippen molar-refractivity contribution in [3.63, 3.8) is 0 Å². The monoisotopic (exact) mass is 287 g/mol. The first-order chi connectivity index (χ1) is 8.84. The molecule has 0 amide bonds. The summed E-state index contributed by atoms with van der Waals surface area (Å²) in [6.45, 7) is 3.61. The Bertz CT molecular complexity index is 543. The van der Waals surface area contributed by atoms with Crippen LogP contribution < -0.4 is 10.0 Å². The standard InChI is InChI=1S/C11H17N3O4S/c1-9(2)19(17,18)13-8-7-12-10-5-3-4-6-11(10)14(15)16/h3-6,9,12-13H,7-8H2,1-2H3. The van der Waals surface area contributed by atoms with E-state index in [0.29, 0.717) is 5.69 Å². The summed E-state index contributed by atoms with van der Waals surface area (Å²) < 4.78 is 25.4. The smallest absolute Gasteiger partial charge is 0.292 e. The zero-order valence-electron chi connectivity index (χ0n) is 10.8. The first-order valence-electron chi connectivity index (χ1n) is 5.80. The predicted octanol–water partition coefficient (Wildman–Crippen LogP) is 1.33. The van der Waals surface area contributed by atoms with Gasteiger partial charge in [-0.3, -0.25) is 10.1 Å². The minimum Gasteiger partial charge on any atom is -0.378 e. The van der Waals surface area contributed by atoms with Crippen molar-refractivity contribution < 1.29 is 13.3 Å². The maximum Gasteiger partial charge on any atom is 0.292 e. The van der Waals surface area contributed by atoms with Gasteiger partial charge < -0.3 is 5.32 Å². The number of nitro benzene ring substituents is 1. The molecular weight excluding hydrogens is 270 g/mol. The highest BCUT2D eigenvalue weighted by atomic mass is 32.2. The average molecular weight is 287 g/mol. The van der Waals surface area contributed by atoms with Crippen molar-refractivity contribution in [3.8, 4) is 0 Å². The molecule has 0 aliphatic rings. The lowest BCUT2D eigenvalue weighted by atomic mass is 10.2. The van der Waals surface area contributed by atoms with Gasteiger partial charge in [-0.05, 0) is 19.9 Å². The number of nitro groups is 1. The molecule has 0 aromatic heterocycles. The maximum absolute atomic E-state index is 11.5. The number of anilines is 1. The molecule has 1 aromatic carbocycles. The molecule has 1 aromatic rings. The van der Waals surface area contributed by atoms with Crippen LogP contribution in [-0.4, -0.2) is 31.7 Å². The van der Waals surface area contributed by atoms with Crippen LogP contribution in [0.1, 0.15) is 13.8 Å². The van der Waals surface area contributed by atoms with E-state index in [4.69, 9.17) is 0 Å². The fraction of sp³-hybridized carbons (Fsp3) is 0.455. The van der Waals surface area contributed by atoms with Crippen molar-refractivity contribution in [3.05, 3.63) is 34.4 Å². The summed E-state index contributed by atoms with van der Waals surface area (Å²) >= 11 is 0. The molecule has 0 saturated carbocycles. The molecule has 19 heavy (non-hydrogen) atoms. The van der Waals surface area contributed by atoms with Crippen LogP contribution in [0.15, 0.2) is 24.3 Å². The van der Waals surface area contributed by atoms with Crippen LogP contribution in [0.25, 0.3) is 0 Å². The van der Waals surface area contributed by atoms with Gasteiger partial charge >= 0.3 is 0 Å². The maximum atomic E-state index is 11.5. The van der Waals surface area contributed by atoms with Gasteiger partial charge in [0, 0.05) is 19.2 Å². The van der Waals surface area contributed by atoms with Gasteiger partial charge in [0.25, 0.3) is 5.69 Å². The number of para-hydroxylation sites is 2. The van der Waals surface area contributed by atoms with Crippen molar-refractivity contribution in [1.29, 1.82) is 0 Å². The zero-order chi connectivity index (χ0) is 14.5. The minimum absolute atomic E-state index is 0.0331. The molecule has 0 saturated heterocycles. The Hall–Kier alpha value is -1.67. The van der Waals surface area contributed by atoms with Crippen LogP contribution in [0.4, 0.5) is 11.4 Å². The van der Waals surface area contributed by atoms with Crippen molar-refractivity contribution in [2.24, 2.45) is 0 Å². The molecule has 0 heterocycles. The topological polar surface area (TPSA) is 101 Å². The molecular formula is C11H17N3O4S. The third-order valence-corrected chi connectivity index (χ3v) is 4.31. The number of hydrogen-bond acceptors (Lipinski definition) is 5. The number of benzene rings is 1. The van der Waals surface area contributed by atoms with Crippen molar-refractivity contribution in [2.75, 3.05) is 18.4 Å². The van der Waals surface area contributed by atoms with Crippen LogP contribution in [0.2, 0.25) is 0 Å². The highest BCUT2D eigenvalue weighted by molar-refractivity contribution is 7.90. The molecule has 0 radical (unpaired) electrons. The fourth-order valence-corrected chi connectivity index (χ4v) is 2.06. The normalized spacial score (nSPS) is 11.5. The van der Waals surface area contributed by atoms with Gasteiger partial charge in [-0.2, -0.15) is 0 Å². The molecule has 0 aliphatic heterocycles. The SMILES string of the molecule is CC(C)S(=O)(=O)NCCNc1ccccc1[N+](=O)[O-]. The lowest BCUT2D eigenvalue weighted by molar-refractivity contribution is -0.384. The highest BCUT2D eigenvalue weighted by Gasteiger charge is 2.15. The number of sulfonamides is 1. The Kier molecular flexibility index (Phi) is 5.25. The first kappa shape index (κ1) is 15.4. The summed E-state index contributed by atoms with van der Waals surface area (Å²) in [7, 11) is -3.30. The van der Waals surface area contributed by atoms with E-state index in [9.17, 15) is 18.5 Å². The van der Waals surface area contributed by atoms with E-state index in [1.165, 1.54) is 6.07 Å². The molecule has 0 atom stereocenters. The molecule has 0 aliphatic carbocycles. The molecule has 0 unspecified atom stereocenters. The van der Waals surface area contributed by atoms with Crippen LogP contribution in [-0.2, 0) is 10.0 Å². The molecule has 1 rings (SSSR count). The van der Waals surface area contributed by atoms with E-state index in [-0.39, 0.29) is 18.8 Å².